The summed E-state index contributed by atoms with van der Waals surface area (Å²) in [6.07, 6.45) is 5.65. The quantitative estimate of drug-likeness (QED) is 0.294. The number of halogens is 4. The van der Waals surface area contributed by atoms with Crippen molar-refractivity contribution in [3.05, 3.63) is 77.9 Å². The fourth-order valence-electron chi connectivity index (χ4n) is 4.88. The van der Waals surface area contributed by atoms with Gasteiger partial charge in [-0.25, -0.2) is 8.78 Å². The highest BCUT2D eigenvalue weighted by atomic mass is 19.3. The van der Waals surface area contributed by atoms with Crippen LogP contribution >= 0.6 is 0 Å². The number of hydrogen-bond acceptors (Lipinski definition) is 2. The lowest BCUT2D eigenvalue weighted by Gasteiger charge is -2.29. The smallest absolute Gasteiger partial charge is 0.387 e. The predicted octanol–water partition coefficient (Wildman–Crippen LogP) is 9.74. The maximum Gasteiger partial charge on any atom is 0.387 e. The fourth-order valence-corrected chi connectivity index (χ4v) is 4.88. The largest absolute Gasteiger partial charge is 0.454 e. The molecule has 0 unspecified atom stereocenters. The summed E-state index contributed by atoms with van der Waals surface area (Å²) < 4.78 is 66.5. The van der Waals surface area contributed by atoms with E-state index in [2.05, 4.69) is 11.7 Å². The van der Waals surface area contributed by atoms with Gasteiger partial charge in [-0.2, -0.15) is 8.78 Å². The van der Waals surface area contributed by atoms with Crippen molar-refractivity contribution in [2.75, 3.05) is 0 Å². The van der Waals surface area contributed by atoms with E-state index < -0.39 is 18.2 Å². The average Bonchev–Trinajstić information content (AvgIpc) is 2.83. The van der Waals surface area contributed by atoms with Gasteiger partial charge in [-0.3, -0.25) is 0 Å². The van der Waals surface area contributed by atoms with Gasteiger partial charge in [0.2, 0.25) is 0 Å². The fraction of sp³-hybridized carbons (Fsp3) is 0.379. The molecule has 0 bridgehead atoms. The highest BCUT2D eigenvalue weighted by Gasteiger charge is 2.30. The lowest BCUT2D eigenvalue weighted by Crippen LogP contribution is -2.16. The van der Waals surface area contributed by atoms with Gasteiger partial charge in [0.25, 0.3) is 0 Å². The standard InChI is InChI=1S/C28H28F4O2.CH4/c1-2-6-18-9-11-20(12-10-18)25-24(29)17-23(19-7-4-3-5-8-19)27(26(25)30)33-21-13-15-22(16-14-21)34-28(31)32;/h3-5,7-8,13-18,20,28H,2,6,9-12H2,1H3;1H4. The highest BCUT2D eigenvalue weighted by molar-refractivity contribution is 5.72. The monoisotopic (exact) mass is 488 g/mol. The van der Waals surface area contributed by atoms with Gasteiger partial charge in [-0.05, 0) is 73.4 Å². The van der Waals surface area contributed by atoms with Crippen molar-refractivity contribution in [3.63, 3.8) is 0 Å². The van der Waals surface area contributed by atoms with Crippen LogP contribution in [-0.2, 0) is 0 Å². The summed E-state index contributed by atoms with van der Waals surface area (Å²) in [4.78, 5) is 0. The number of benzene rings is 3. The molecule has 0 amide bonds. The van der Waals surface area contributed by atoms with Crippen LogP contribution in [0.3, 0.4) is 0 Å². The molecule has 3 aromatic carbocycles. The van der Waals surface area contributed by atoms with E-state index in [1.807, 2.05) is 6.07 Å². The molecule has 0 aromatic heterocycles. The van der Waals surface area contributed by atoms with Crippen molar-refractivity contribution in [3.8, 4) is 28.4 Å². The minimum Gasteiger partial charge on any atom is -0.454 e. The third kappa shape index (κ3) is 6.36. The molecule has 4 rings (SSSR count). The van der Waals surface area contributed by atoms with Crippen LogP contribution in [-0.4, -0.2) is 6.61 Å². The molecular formula is C29H32F4O2. The number of ether oxygens (including phenoxy) is 2. The zero-order chi connectivity index (χ0) is 24.1. The van der Waals surface area contributed by atoms with Gasteiger partial charge in [0, 0.05) is 11.1 Å². The highest BCUT2D eigenvalue weighted by Crippen LogP contribution is 2.45. The summed E-state index contributed by atoms with van der Waals surface area (Å²) in [6, 6.07) is 15.7. The summed E-state index contributed by atoms with van der Waals surface area (Å²) >= 11 is 0. The SMILES string of the molecule is C.CCCC1CCC(c2c(F)cc(-c3ccccc3)c(Oc3ccc(OC(F)F)cc3)c2F)CC1. The van der Waals surface area contributed by atoms with E-state index in [4.69, 9.17) is 4.74 Å². The molecule has 3 aromatic rings. The second kappa shape index (κ2) is 12.1. The third-order valence-electron chi connectivity index (χ3n) is 6.51. The maximum absolute atomic E-state index is 16.0. The zero-order valence-corrected chi connectivity index (χ0v) is 19.1. The Bertz CT molecular complexity index is 1080. The maximum atomic E-state index is 16.0. The van der Waals surface area contributed by atoms with Crippen molar-refractivity contribution in [2.45, 2.75) is 65.4 Å². The summed E-state index contributed by atoms with van der Waals surface area (Å²) in [6.45, 7) is -0.787. The first kappa shape index (κ1) is 26.6. The second-order valence-corrected chi connectivity index (χ2v) is 8.79. The predicted molar refractivity (Wildman–Crippen MR) is 131 cm³/mol. The summed E-state index contributed by atoms with van der Waals surface area (Å²) in [5.41, 5.74) is 0.986. The van der Waals surface area contributed by atoms with Crippen LogP contribution in [0.1, 0.15) is 64.4 Å². The average molecular weight is 489 g/mol. The molecule has 35 heavy (non-hydrogen) atoms. The lowest BCUT2D eigenvalue weighted by atomic mass is 9.76. The van der Waals surface area contributed by atoms with E-state index in [1.165, 1.54) is 30.3 Å². The van der Waals surface area contributed by atoms with Gasteiger partial charge in [0.05, 0.1) is 0 Å². The van der Waals surface area contributed by atoms with E-state index >= 15 is 8.78 Å². The van der Waals surface area contributed by atoms with Gasteiger partial charge in [-0.15, -0.1) is 0 Å². The van der Waals surface area contributed by atoms with Crippen molar-refractivity contribution in [1.29, 1.82) is 0 Å². The van der Waals surface area contributed by atoms with Crippen LogP contribution in [0.2, 0.25) is 0 Å². The van der Waals surface area contributed by atoms with Gasteiger partial charge in [0.15, 0.2) is 11.6 Å². The van der Waals surface area contributed by atoms with Gasteiger partial charge in [0.1, 0.15) is 17.3 Å². The lowest BCUT2D eigenvalue weighted by molar-refractivity contribution is -0.0498. The molecule has 188 valence electrons. The van der Waals surface area contributed by atoms with Crippen LogP contribution in [0.15, 0.2) is 60.7 Å². The van der Waals surface area contributed by atoms with E-state index in [0.29, 0.717) is 17.0 Å². The molecule has 1 fully saturated rings. The topological polar surface area (TPSA) is 18.5 Å². The molecule has 0 radical (unpaired) electrons. The second-order valence-electron chi connectivity index (χ2n) is 8.79. The Kier molecular flexibility index (Phi) is 9.19. The van der Waals surface area contributed by atoms with E-state index in [-0.39, 0.29) is 36.2 Å². The van der Waals surface area contributed by atoms with Gasteiger partial charge < -0.3 is 9.47 Å². The van der Waals surface area contributed by atoms with Gasteiger partial charge >= 0.3 is 6.61 Å². The van der Waals surface area contributed by atoms with E-state index in [1.54, 1.807) is 24.3 Å². The Morgan fingerprint density at radius 3 is 2.11 bits per heavy atom. The van der Waals surface area contributed by atoms with Crippen LogP contribution in [0.4, 0.5) is 17.6 Å². The third-order valence-corrected chi connectivity index (χ3v) is 6.51. The number of hydrogen-bond donors (Lipinski definition) is 0. The van der Waals surface area contributed by atoms with Crippen molar-refractivity contribution in [2.24, 2.45) is 5.92 Å². The minimum atomic E-state index is -2.94. The molecule has 0 heterocycles. The van der Waals surface area contributed by atoms with E-state index in [0.717, 1.165) is 38.5 Å². The normalized spacial score (nSPS) is 17.7. The Morgan fingerprint density at radius 2 is 1.51 bits per heavy atom. The van der Waals surface area contributed by atoms with Crippen LogP contribution in [0, 0.1) is 17.6 Å². The number of alkyl halides is 2. The molecule has 0 N–H and O–H groups in total. The summed E-state index contributed by atoms with van der Waals surface area (Å²) in [5, 5.41) is 0. The molecule has 1 aliphatic rings. The van der Waals surface area contributed by atoms with Crippen molar-refractivity contribution >= 4 is 0 Å². The first-order valence-electron chi connectivity index (χ1n) is 11.8. The van der Waals surface area contributed by atoms with Crippen LogP contribution in [0.25, 0.3) is 11.1 Å². The molecule has 1 aliphatic carbocycles. The molecule has 0 saturated heterocycles. The van der Waals surface area contributed by atoms with Crippen molar-refractivity contribution in [1.82, 2.24) is 0 Å². The Labute approximate surface area is 204 Å². The van der Waals surface area contributed by atoms with E-state index in [9.17, 15) is 8.78 Å². The zero-order valence-electron chi connectivity index (χ0n) is 19.1. The molecule has 6 heteroatoms. The number of rotatable bonds is 8. The molecule has 1 saturated carbocycles. The molecule has 2 nitrogen and oxygen atoms in total. The van der Waals surface area contributed by atoms with Crippen molar-refractivity contribution < 1.29 is 27.0 Å². The van der Waals surface area contributed by atoms with Gasteiger partial charge in [-0.1, -0.05) is 57.5 Å². The minimum absolute atomic E-state index is 0. The molecule has 0 spiro atoms. The van der Waals surface area contributed by atoms with Crippen LogP contribution in [0.5, 0.6) is 17.2 Å². The van der Waals surface area contributed by atoms with Crippen LogP contribution < -0.4 is 9.47 Å². The summed E-state index contributed by atoms with van der Waals surface area (Å²) in [7, 11) is 0. The Hall–Kier alpha value is -3.02. The first-order valence-corrected chi connectivity index (χ1v) is 11.8. The first-order chi connectivity index (χ1) is 16.5. The molecule has 0 atom stereocenters. The molecular weight excluding hydrogens is 456 g/mol. The molecule has 0 aliphatic heterocycles. The Balaban J connectivity index is 0.00000342. The Morgan fingerprint density at radius 1 is 0.886 bits per heavy atom. The summed E-state index contributed by atoms with van der Waals surface area (Å²) in [5.74, 6) is -0.728.